The molecule has 2 aromatic heterocycles. The van der Waals surface area contributed by atoms with Gasteiger partial charge in [-0.05, 0) is 25.8 Å². The number of carboxylic acid groups (broad SMARTS) is 1. The summed E-state index contributed by atoms with van der Waals surface area (Å²) in [6.45, 7) is 3.97. The third-order valence-corrected chi connectivity index (χ3v) is 6.07. The number of primary amides is 1. The maximum Gasteiger partial charge on any atom is 0.341 e. The number of benzene rings is 1. The molecule has 11 nitrogen and oxygen atoms in total. The van der Waals surface area contributed by atoms with Crippen molar-refractivity contribution in [2.24, 2.45) is 5.73 Å². The summed E-state index contributed by atoms with van der Waals surface area (Å²) >= 11 is 0. The van der Waals surface area contributed by atoms with E-state index in [0.717, 1.165) is 25.5 Å². The predicted molar refractivity (Wildman–Crippen MR) is 130 cm³/mol. The lowest BCUT2D eigenvalue weighted by Crippen LogP contribution is -2.49. The highest BCUT2D eigenvalue weighted by atomic mass is 19.1. The lowest BCUT2D eigenvalue weighted by atomic mass is 10.1. The minimum atomic E-state index is -1.31. The SMILES string of the molecule is COc1c(N2CCNC(C)C2)c(F)cc2c(=O)c(C(=O)O)cn(C3CC3)c12.NC(=O)c1cnccn1. The Morgan fingerprint density at radius 1 is 1.31 bits per heavy atom. The van der Waals surface area contributed by atoms with E-state index in [9.17, 15) is 19.5 Å². The molecule has 0 bridgehead atoms. The maximum atomic E-state index is 15.1. The smallest absolute Gasteiger partial charge is 0.341 e. The van der Waals surface area contributed by atoms with Gasteiger partial charge in [0.05, 0.1) is 24.2 Å². The fourth-order valence-electron chi connectivity index (χ4n) is 4.29. The largest absolute Gasteiger partial charge is 0.492 e. The van der Waals surface area contributed by atoms with Crippen LogP contribution in [0.3, 0.4) is 0 Å². The monoisotopic (exact) mass is 498 g/mol. The fraction of sp³-hybridized carbons (Fsp3) is 0.375. The normalized spacial score (nSPS) is 17.3. The Morgan fingerprint density at radius 2 is 2.06 bits per heavy atom. The van der Waals surface area contributed by atoms with Crippen molar-refractivity contribution in [2.45, 2.75) is 31.8 Å². The molecule has 0 radical (unpaired) electrons. The molecular weight excluding hydrogens is 471 g/mol. The molecule has 4 N–H and O–H groups in total. The first-order valence-electron chi connectivity index (χ1n) is 11.5. The molecule has 0 spiro atoms. The van der Waals surface area contributed by atoms with Crippen molar-refractivity contribution < 1.29 is 23.8 Å². The van der Waals surface area contributed by atoms with Crippen LogP contribution in [0.2, 0.25) is 0 Å². The number of ether oxygens (including phenoxy) is 1. The molecule has 2 aliphatic rings. The summed E-state index contributed by atoms with van der Waals surface area (Å²) in [7, 11) is 1.45. The average Bonchev–Trinajstić information content (AvgIpc) is 3.70. The van der Waals surface area contributed by atoms with E-state index >= 15 is 4.39 Å². The van der Waals surface area contributed by atoms with Crippen LogP contribution in [-0.4, -0.2) is 64.3 Å². The van der Waals surface area contributed by atoms with Crippen LogP contribution in [0.5, 0.6) is 5.75 Å². The average molecular weight is 499 g/mol. The van der Waals surface area contributed by atoms with Crippen molar-refractivity contribution in [3.63, 3.8) is 0 Å². The number of pyridine rings is 1. The lowest BCUT2D eigenvalue weighted by Gasteiger charge is -2.35. The van der Waals surface area contributed by atoms with E-state index < -0.39 is 23.1 Å². The summed E-state index contributed by atoms with van der Waals surface area (Å²) < 4.78 is 22.5. The summed E-state index contributed by atoms with van der Waals surface area (Å²) in [4.78, 5) is 43.7. The lowest BCUT2D eigenvalue weighted by molar-refractivity contribution is 0.0694. The zero-order chi connectivity index (χ0) is 26.0. The quantitative estimate of drug-likeness (QED) is 0.476. The topological polar surface area (TPSA) is 153 Å². The second-order valence-electron chi connectivity index (χ2n) is 8.71. The summed E-state index contributed by atoms with van der Waals surface area (Å²) in [5, 5.41) is 12.7. The van der Waals surface area contributed by atoms with Gasteiger partial charge in [-0.3, -0.25) is 14.6 Å². The van der Waals surface area contributed by atoms with E-state index in [0.29, 0.717) is 30.0 Å². The summed E-state index contributed by atoms with van der Waals surface area (Å²) in [6, 6.07) is 1.45. The number of halogens is 1. The van der Waals surface area contributed by atoms with E-state index in [-0.39, 0.29) is 28.7 Å². The molecular formula is C24H27FN6O5. The van der Waals surface area contributed by atoms with Crippen molar-refractivity contribution in [3.8, 4) is 5.75 Å². The molecule has 3 heterocycles. The van der Waals surface area contributed by atoms with Crippen molar-refractivity contribution >= 4 is 28.5 Å². The molecule has 190 valence electrons. The second-order valence-corrected chi connectivity index (χ2v) is 8.71. The van der Waals surface area contributed by atoms with Gasteiger partial charge in [0.1, 0.15) is 16.9 Å². The molecule has 1 aliphatic heterocycles. The van der Waals surface area contributed by atoms with Crippen LogP contribution in [0.15, 0.2) is 35.6 Å². The third kappa shape index (κ3) is 4.98. The first kappa shape index (κ1) is 25.0. The number of nitrogens with zero attached hydrogens (tertiary/aromatic N) is 4. The van der Waals surface area contributed by atoms with E-state index in [1.807, 2.05) is 11.8 Å². The first-order valence-corrected chi connectivity index (χ1v) is 11.5. The number of aromatic nitrogens is 3. The Morgan fingerprint density at radius 3 is 2.58 bits per heavy atom. The van der Waals surface area contributed by atoms with Crippen LogP contribution in [0, 0.1) is 5.82 Å². The number of amides is 1. The summed E-state index contributed by atoms with van der Waals surface area (Å²) in [5.41, 5.74) is 4.83. The maximum absolute atomic E-state index is 15.1. The van der Waals surface area contributed by atoms with Crippen LogP contribution in [0.1, 0.15) is 46.7 Å². The summed E-state index contributed by atoms with van der Waals surface area (Å²) in [5.74, 6) is -2.14. The van der Waals surface area contributed by atoms with E-state index in [1.165, 1.54) is 31.9 Å². The number of hydrogen-bond donors (Lipinski definition) is 3. The highest BCUT2D eigenvalue weighted by molar-refractivity contribution is 5.97. The molecule has 1 saturated carbocycles. The van der Waals surface area contributed by atoms with Gasteiger partial charge >= 0.3 is 5.97 Å². The number of methoxy groups -OCH3 is 1. The van der Waals surface area contributed by atoms with Gasteiger partial charge in [-0.1, -0.05) is 0 Å². The molecule has 5 rings (SSSR count). The zero-order valence-corrected chi connectivity index (χ0v) is 19.9. The number of fused-ring (bicyclic) bond motifs is 1. The standard InChI is InChI=1S/C19H22FN3O4.C5H5N3O/c1-10-8-22(6-5-21-10)16-14(20)7-12-15(18(16)27-2)23(11-3-4-11)9-13(17(12)24)19(25)26;6-5(9)4-3-7-1-2-8-4/h7,9-11,21H,3-6,8H2,1-2H3,(H,25,26);1-3H,(H2,6,9). The van der Waals surface area contributed by atoms with Gasteiger partial charge in [-0.25, -0.2) is 14.2 Å². The van der Waals surface area contributed by atoms with Gasteiger partial charge in [0.15, 0.2) is 11.6 Å². The Balaban J connectivity index is 0.000000286. The highest BCUT2D eigenvalue weighted by Gasteiger charge is 2.32. The Bertz CT molecular complexity index is 1360. The molecule has 1 aliphatic carbocycles. The van der Waals surface area contributed by atoms with Gasteiger partial charge in [0, 0.05) is 50.3 Å². The Labute approximate surface area is 205 Å². The molecule has 1 saturated heterocycles. The number of hydrogen-bond acceptors (Lipinski definition) is 8. The van der Waals surface area contributed by atoms with E-state index in [2.05, 4.69) is 15.3 Å². The van der Waals surface area contributed by atoms with Crippen LogP contribution in [-0.2, 0) is 0 Å². The number of carboxylic acids is 1. The van der Waals surface area contributed by atoms with Gasteiger partial charge in [-0.15, -0.1) is 0 Å². The number of anilines is 1. The van der Waals surface area contributed by atoms with Crippen molar-refractivity contribution in [2.75, 3.05) is 31.6 Å². The van der Waals surface area contributed by atoms with Gasteiger partial charge in [0.25, 0.3) is 5.91 Å². The van der Waals surface area contributed by atoms with Gasteiger partial charge in [-0.2, -0.15) is 0 Å². The van der Waals surface area contributed by atoms with Crippen molar-refractivity contribution in [1.29, 1.82) is 0 Å². The van der Waals surface area contributed by atoms with Gasteiger partial charge in [0.2, 0.25) is 5.43 Å². The molecule has 12 heteroatoms. The van der Waals surface area contributed by atoms with Crippen LogP contribution in [0.25, 0.3) is 10.9 Å². The minimum absolute atomic E-state index is 0.0445. The van der Waals surface area contributed by atoms with E-state index in [4.69, 9.17) is 10.5 Å². The zero-order valence-electron chi connectivity index (χ0n) is 19.9. The van der Waals surface area contributed by atoms with Crippen LogP contribution in [0.4, 0.5) is 10.1 Å². The molecule has 1 unspecified atom stereocenters. The number of piperazine rings is 1. The van der Waals surface area contributed by atoms with Crippen LogP contribution >= 0.6 is 0 Å². The van der Waals surface area contributed by atoms with E-state index in [1.54, 1.807) is 4.57 Å². The second kappa shape index (κ2) is 10.3. The molecule has 36 heavy (non-hydrogen) atoms. The minimum Gasteiger partial charge on any atom is -0.492 e. The van der Waals surface area contributed by atoms with Crippen LogP contribution < -0.4 is 26.1 Å². The molecule has 1 amide bonds. The molecule has 3 aromatic rings. The Kier molecular flexibility index (Phi) is 7.15. The predicted octanol–water partition coefficient (Wildman–Crippen LogP) is 1.56. The molecule has 1 atom stereocenters. The number of nitrogens with one attached hydrogen (secondary N) is 1. The molecule has 1 aromatic carbocycles. The van der Waals surface area contributed by atoms with Gasteiger partial charge < -0.3 is 30.4 Å². The van der Waals surface area contributed by atoms with Crippen molar-refractivity contribution in [3.05, 3.63) is 58.2 Å². The molecule has 2 fully saturated rings. The number of aromatic carboxylic acids is 1. The summed E-state index contributed by atoms with van der Waals surface area (Å²) in [6.07, 6.45) is 7.36. The fourth-order valence-corrected chi connectivity index (χ4v) is 4.29. The number of rotatable bonds is 5. The number of nitrogens with two attached hydrogens (primary N) is 1. The third-order valence-electron chi connectivity index (χ3n) is 6.07. The number of carbonyl (C=O) groups excluding carboxylic acids is 1. The highest BCUT2D eigenvalue weighted by Crippen LogP contribution is 2.43. The van der Waals surface area contributed by atoms with Crippen molar-refractivity contribution in [1.82, 2.24) is 19.9 Å². The number of carbonyl (C=O) groups is 2. The first-order chi connectivity index (χ1) is 17.2. The Hall–Kier alpha value is -4.06.